The summed E-state index contributed by atoms with van der Waals surface area (Å²) in [6, 6.07) is 2.60. The van der Waals surface area contributed by atoms with Gasteiger partial charge in [0, 0.05) is 38.1 Å². The molecule has 6 heteroatoms. The second-order valence-corrected chi connectivity index (χ2v) is 5.97. The third-order valence-corrected chi connectivity index (χ3v) is 4.51. The first kappa shape index (κ1) is 15.4. The number of hydrogen-bond acceptors (Lipinski definition) is 6. The van der Waals surface area contributed by atoms with Crippen LogP contribution in [0.5, 0.6) is 0 Å². The van der Waals surface area contributed by atoms with Crippen molar-refractivity contribution in [2.24, 2.45) is 0 Å². The molecule has 1 fully saturated rings. The van der Waals surface area contributed by atoms with Crippen LogP contribution in [0.2, 0.25) is 0 Å². The van der Waals surface area contributed by atoms with Crippen molar-refractivity contribution in [1.82, 2.24) is 9.97 Å². The highest BCUT2D eigenvalue weighted by atomic mass is 32.2. The van der Waals surface area contributed by atoms with E-state index in [9.17, 15) is 0 Å². The van der Waals surface area contributed by atoms with Crippen molar-refractivity contribution in [3.63, 3.8) is 0 Å². The maximum Gasteiger partial charge on any atom is 0.158 e. The first-order chi connectivity index (χ1) is 9.74. The molecule has 0 radical (unpaired) electrons. The molecule has 1 N–H and O–H groups in total. The second kappa shape index (κ2) is 7.69. The molecule has 1 aliphatic heterocycles. The summed E-state index contributed by atoms with van der Waals surface area (Å²) < 4.78 is 5.44. The fourth-order valence-corrected chi connectivity index (χ4v) is 3.48. The van der Waals surface area contributed by atoms with Crippen molar-refractivity contribution >= 4 is 23.4 Å². The minimum atomic E-state index is 0.468. The fraction of sp³-hybridized carbons (Fsp3) is 0.714. The highest BCUT2D eigenvalue weighted by molar-refractivity contribution is 7.99. The van der Waals surface area contributed by atoms with Crippen LogP contribution in [0, 0.1) is 0 Å². The normalized spacial score (nSPS) is 18.2. The maximum absolute atomic E-state index is 5.44. The Morgan fingerprint density at radius 1 is 1.45 bits per heavy atom. The third kappa shape index (κ3) is 3.99. The maximum atomic E-state index is 5.44. The van der Waals surface area contributed by atoms with Crippen molar-refractivity contribution in [3.05, 3.63) is 11.9 Å². The quantitative estimate of drug-likeness (QED) is 0.834. The van der Waals surface area contributed by atoms with Gasteiger partial charge in [0.15, 0.2) is 5.82 Å². The molecule has 0 spiro atoms. The lowest BCUT2D eigenvalue weighted by Gasteiger charge is -2.25. The summed E-state index contributed by atoms with van der Waals surface area (Å²) >= 11 is 2.01. The van der Waals surface area contributed by atoms with Crippen LogP contribution in [0.25, 0.3) is 0 Å². The lowest BCUT2D eigenvalue weighted by atomic mass is 10.2. The Morgan fingerprint density at radius 2 is 2.30 bits per heavy atom. The molecule has 2 heterocycles. The van der Waals surface area contributed by atoms with E-state index in [-0.39, 0.29) is 0 Å². The van der Waals surface area contributed by atoms with Crippen LogP contribution >= 0.6 is 11.8 Å². The van der Waals surface area contributed by atoms with E-state index in [4.69, 9.17) is 4.74 Å². The van der Waals surface area contributed by atoms with Gasteiger partial charge in [-0.2, -0.15) is 11.8 Å². The molecule has 0 saturated carbocycles. The number of rotatable bonds is 7. The molecule has 1 aliphatic rings. The molecule has 0 bridgehead atoms. The van der Waals surface area contributed by atoms with Crippen LogP contribution in [0.15, 0.2) is 6.07 Å². The number of ether oxygens (including phenoxy) is 1. The van der Waals surface area contributed by atoms with Gasteiger partial charge in [-0.25, -0.2) is 9.97 Å². The van der Waals surface area contributed by atoms with Crippen LogP contribution in [0.3, 0.4) is 0 Å². The molecule has 1 saturated heterocycles. The molecule has 0 aliphatic carbocycles. The van der Waals surface area contributed by atoms with Gasteiger partial charge in [0.05, 0.1) is 0 Å². The average molecular weight is 296 g/mol. The lowest BCUT2D eigenvalue weighted by molar-refractivity contribution is 0.128. The Kier molecular flexibility index (Phi) is 5.91. The molecule has 1 unspecified atom stereocenters. The number of hydrogen-bond donors (Lipinski definition) is 1. The number of aromatic nitrogens is 2. The van der Waals surface area contributed by atoms with Gasteiger partial charge in [-0.15, -0.1) is 0 Å². The molecule has 20 heavy (non-hydrogen) atoms. The molecule has 1 atom stereocenters. The van der Waals surface area contributed by atoms with Gasteiger partial charge in [-0.05, 0) is 26.0 Å². The van der Waals surface area contributed by atoms with Gasteiger partial charge >= 0.3 is 0 Å². The van der Waals surface area contributed by atoms with Crippen molar-refractivity contribution in [3.8, 4) is 0 Å². The highest BCUT2D eigenvalue weighted by Crippen LogP contribution is 2.26. The predicted molar refractivity (Wildman–Crippen MR) is 85.7 cm³/mol. The number of anilines is 2. The first-order valence-corrected chi connectivity index (χ1v) is 8.40. The monoisotopic (exact) mass is 296 g/mol. The van der Waals surface area contributed by atoms with E-state index in [0.29, 0.717) is 19.3 Å². The number of nitrogens with zero attached hydrogens (tertiary/aromatic N) is 3. The van der Waals surface area contributed by atoms with E-state index >= 15 is 0 Å². The molecular formula is C14H24N4OS. The lowest BCUT2D eigenvalue weighted by Crippen LogP contribution is -2.32. The molecule has 1 aromatic heterocycles. The summed E-state index contributed by atoms with van der Waals surface area (Å²) in [6.07, 6.45) is 1.22. The van der Waals surface area contributed by atoms with Crippen molar-refractivity contribution in [1.29, 1.82) is 0 Å². The topological polar surface area (TPSA) is 50.3 Å². The molecule has 112 valence electrons. The minimum absolute atomic E-state index is 0.468. The predicted octanol–water partition coefficient (Wildman–Crippen LogP) is 2.39. The molecule has 0 amide bonds. The van der Waals surface area contributed by atoms with E-state index < -0.39 is 0 Å². The first-order valence-electron chi connectivity index (χ1n) is 7.24. The Bertz CT molecular complexity index is 424. The van der Waals surface area contributed by atoms with Crippen LogP contribution in [0.1, 0.15) is 26.1 Å². The largest absolute Gasteiger partial charge is 0.374 e. The molecule has 2 rings (SSSR count). The van der Waals surface area contributed by atoms with E-state index in [0.717, 1.165) is 24.0 Å². The van der Waals surface area contributed by atoms with Crippen LogP contribution in [0.4, 0.5) is 11.6 Å². The van der Waals surface area contributed by atoms with E-state index in [1.807, 2.05) is 24.8 Å². The van der Waals surface area contributed by atoms with E-state index in [1.54, 1.807) is 0 Å². The van der Waals surface area contributed by atoms with Crippen molar-refractivity contribution in [2.45, 2.75) is 32.9 Å². The van der Waals surface area contributed by atoms with Crippen molar-refractivity contribution in [2.75, 3.05) is 41.9 Å². The molecule has 0 aromatic carbocycles. The van der Waals surface area contributed by atoms with Crippen LogP contribution in [-0.4, -0.2) is 47.7 Å². The van der Waals surface area contributed by atoms with Gasteiger partial charge < -0.3 is 15.0 Å². The van der Waals surface area contributed by atoms with Crippen LogP contribution < -0.4 is 10.2 Å². The minimum Gasteiger partial charge on any atom is -0.374 e. The van der Waals surface area contributed by atoms with Gasteiger partial charge in [-0.3, -0.25) is 0 Å². The van der Waals surface area contributed by atoms with Crippen molar-refractivity contribution < 1.29 is 4.74 Å². The molecule has 1 aromatic rings. The zero-order valence-electron chi connectivity index (χ0n) is 12.6. The Hall–Kier alpha value is -1.01. The standard InChI is InChI=1S/C14H24N4OS/c1-4-15-12-8-14(17-13(16-12)9-19-5-2)18(3)11-6-7-20-10-11/h8,11H,4-7,9-10H2,1-3H3,(H,15,16,17). The third-order valence-electron chi connectivity index (χ3n) is 3.37. The fourth-order valence-electron chi connectivity index (χ4n) is 2.21. The van der Waals surface area contributed by atoms with Crippen LogP contribution in [-0.2, 0) is 11.3 Å². The zero-order valence-corrected chi connectivity index (χ0v) is 13.4. The number of thioether (sulfide) groups is 1. The Labute approximate surface area is 125 Å². The summed E-state index contributed by atoms with van der Waals surface area (Å²) in [5.41, 5.74) is 0. The van der Waals surface area contributed by atoms with Gasteiger partial charge in [-0.1, -0.05) is 0 Å². The van der Waals surface area contributed by atoms with E-state index in [2.05, 4.69) is 34.2 Å². The van der Waals surface area contributed by atoms with Gasteiger partial charge in [0.25, 0.3) is 0 Å². The Morgan fingerprint density at radius 3 is 2.95 bits per heavy atom. The summed E-state index contributed by atoms with van der Waals surface area (Å²) in [7, 11) is 2.12. The van der Waals surface area contributed by atoms with Gasteiger partial charge in [0.1, 0.15) is 18.2 Å². The molecule has 5 nitrogen and oxygen atoms in total. The summed E-state index contributed by atoms with van der Waals surface area (Å²) in [5, 5.41) is 3.27. The highest BCUT2D eigenvalue weighted by Gasteiger charge is 2.22. The van der Waals surface area contributed by atoms with Gasteiger partial charge in [0.2, 0.25) is 0 Å². The number of nitrogens with one attached hydrogen (secondary N) is 1. The SMILES string of the molecule is CCNc1cc(N(C)C2CCSC2)nc(COCC)n1. The average Bonchev–Trinajstić information content (AvgIpc) is 2.98. The van der Waals surface area contributed by atoms with E-state index in [1.165, 1.54) is 17.9 Å². The molecular weight excluding hydrogens is 272 g/mol. The summed E-state index contributed by atoms with van der Waals surface area (Å²) in [5.74, 6) is 5.03. The summed E-state index contributed by atoms with van der Waals surface area (Å²) in [4.78, 5) is 11.4. The smallest absolute Gasteiger partial charge is 0.158 e. The second-order valence-electron chi connectivity index (χ2n) is 4.82. The summed E-state index contributed by atoms with van der Waals surface area (Å²) in [6.45, 7) is 6.06. The zero-order chi connectivity index (χ0) is 14.4. The Balaban J connectivity index is 2.18.